The second-order valence-corrected chi connectivity index (χ2v) is 5.44. The van der Waals surface area contributed by atoms with Crippen molar-refractivity contribution in [1.29, 1.82) is 0 Å². The topological polar surface area (TPSA) is 86.9 Å². The molecule has 0 aromatic carbocycles. The zero-order valence-corrected chi connectivity index (χ0v) is 12.4. The van der Waals surface area contributed by atoms with Crippen LogP contribution < -0.4 is 5.73 Å². The van der Waals surface area contributed by atoms with Crippen LogP contribution in [0.25, 0.3) is 0 Å². The van der Waals surface area contributed by atoms with Gasteiger partial charge in [-0.25, -0.2) is 0 Å². The molecule has 6 heteroatoms. The van der Waals surface area contributed by atoms with Crippen molar-refractivity contribution in [3.8, 4) is 0 Å². The molecule has 0 aromatic rings. The summed E-state index contributed by atoms with van der Waals surface area (Å²) < 4.78 is 0. The van der Waals surface area contributed by atoms with Crippen molar-refractivity contribution in [1.82, 2.24) is 9.80 Å². The van der Waals surface area contributed by atoms with Crippen molar-refractivity contribution in [3.05, 3.63) is 0 Å². The van der Waals surface area contributed by atoms with E-state index < -0.39 is 5.97 Å². The summed E-state index contributed by atoms with van der Waals surface area (Å²) in [5.41, 5.74) is 5.51. The van der Waals surface area contributed by atoms with Crippen LogP contribution in [0.3, 0.4) is 0 Å². The lowest BCUT2D eigenvalue weighted by Gasteiger charge is -2.25. The van der Waals surface area contributed by atoms with Crippen LogP contribution in [0.1, 0.15) is 32.6 Å². The molecule has 3 N–H and O–H groups in total. The van der Waals surface area contributed by atoms with Gasteiger partial charge >= 0.3 is 5.97 Å². The molecule has 0 bridgehead atoms. The molecule has 6 nitrogen and oxygen atoms in total. The quantitative estimate of drug-likeness (QED) is 0.639. The Hall–Kier alpha value is -1.14. The van der Waals surface area contributed by atoms with Gasteiger partial charge in [-0.05, 0) is 32.4 Å². The fraction of sp³-hybridized carbons (Fsp3) is 0.857. The predicted molar refractivity (Wildman–Crippen MR) is 77.3 cm³/mol. The van der Waals surface area contributed by atoms with E-state index >= 15 is 0 Å². The molecule has 1 fully saturated rings. The number of unbranched alkanes of at least 4 members (excludes halogenated alkanes) is 1. The first kappa shape index (κ1) is 16.9. The SMILES string of the molecule is CCCCN(CCCN)C(=O)CN1CCC(C(=O)O)C1. The number of hydrogen-bond donors (Lipinski definition) is 2. The number of carbonyl (C=O) groups excluding carboxylic acids is 1. The highest BCUT2D eigenvalue weighted by Crippen LogP contribution is 2.16. The van der Waals surface area contributed by atoms with E-state index in [1.54, 1.807) is 0 Å². The summed E-state index contributed by atoms with van der Waals surface area (Å²) in [4.78, 5) is 27.0. The Morgan fingerprint density at radius 1 is 1.35 bits per heavy atom. The Labute approximate surface area is 120 Å². The second-order valence-electron chi connectivity index (χ2n) is 5.44. The molecule has 1 unspecified atom stereocenters. The second kappa shape index (κ2) is 8.92. The first-order valence-electron chi connectivity index (χ1n) is 7.51. The highest BCUT2D eigenvalue weighted by molar-refractivity contribution is 5.78. The van der Waals surface area contributed by atoms with Gasteiger partial charge in [0.1, 0.15) is 0 Å². The lowest BCUT2D eigenvalue weighted by molar-refractivity contribution is -0.141. The van der Waals surface area contributed by atoms with Crippen LogP contribution in [0.4, 0.5) is 0 Å². The van der Waals surface area contributed by atoms with Crippen LogP contribution >= 0.6 is 0 Å². The van der Waals surface area contributed by atoms with Crippen LogP contribution in [-0.2, 0) is 9.59 Å². The van der Waals surface area contributed by atoms with E-state index in [1.807, 2.05) is 9.80 Å². The average molecular weight is 285 g/mol. The van der Waals surface area contributed by atoms with Crippen molar-refractivity contribution >= 4 is 11.9 Å². The van der Waals surface area contributed by atoms with Crippen LogP contribution in [0.15, 0.2) is 0 Å². The molecule has 1 rings (SSSR count). The molecule has 0 aromatic heterocycles. The van der Waals surface area contributed by atoms with Crippen molar-refractivity contribution < 1.29 is 14.7 Å². The number of amides is 1. The fourth-order valence-electron chi connectivity index (χ4n) is 2.46. The summed E-state index contributed by atoms with van der Waals surface area (Å²) in [6.45, 7) is 5.67. The van der Waals surface area contributed by atoms with Gasteiger partial charge in [0.05, 0.1) is 12.5 Å². The standard InChI is InChI=1S/C14H27N3O3/c1-2-3-7-17(8-4-6-15)13(18)11-16-9-5-12(10-16)14(19)20/h12H,2-11,15H2,1H3,(H,19,20). The summed E-state index contributed by atoms with van der Waals surface area (Å²) in [5, 5.41) is 8.97. The van der Waals surface area contributed by atoms with Crippen LogP contribution in [0, 0.1) is 5.92 Å². The highest BCUT2D eigenvalue weighted by Gasteiger charge is 2.29. The minimum absolute atomic E-state index is 0.0953. The lowest BCUT2D eigenvalue weighted by atomic mass is 10.1. The summed E-state index contributed by atoms with van der Waals surface area (Å²) in [5.74, 6) is -0.986. The molecule has 1 saturated heterocycles. The Bertz CT molecular complexity index is 315. The molecule has 1 aliphatic rings. The fourth-order valence-corrected chi connectivity index (χ4v) is 2.46. The molecule has 20 heavy (non-hydrogen) atoms. The Morgan fingerprint density at radius 2 is 2.05 bits per heavy atom. The predicted octanol–water partition coefficient (Wildman–Crippen LogP) is 0.370. The third-order valence-electron chi connectivity index (χ3n) is 3.75. The van der Waals surface area contributed by atoms with Crippen LogP contribution in [0.2, 0.25) is 0 Å². The number of hydrogen-bond acceptors (Lipinski definition) is 4. The number of rotatable bonds is 9. The summed E-state index contributed by atoms with van der Waals surface area (Å²) in [6.07, 6.45) is 3.50. The monoisotopic (exact) mass is 285 g/mol. The van der Waals surface area contributed by atoms with Crippen LogP contribution in [-0.4, -0.2) is 66.1 Å². The van der Waals surface area contributed by atoms with Gasteiger partial charge in [-0.15, -0.1) is 0 Å². The minimum atomic E-state index is -0.758. The smallest absolute Gasteiger partial charge is 0.307 e. The van der Waals surface area contributed by atoms with Gasteiger partial charge in [0.25, 0.3) is 0 Å². The zero-order valence-electron chi connectivity index (χ0n) is 12.4. The van der Waals surface area contributed by atoms with Gasteiger partial charge in [-0.2, -0.15) is 0 Å². The number of carboxylic acids is 1. The summed E-state index contributed by atoms with van der Waals surface area (Å²) in [7, 11) is 0. The number of carboxylic acid groups (broad SMARTS) is 1. The van der Waals surface area contributed by atoms with Gasteiger partial charge in [-0.1, -0.05) is 13.3 Å². The largest absolute Gasteiger partial charge is 0.481 e. The number of likely N-dealkylation sites (tertiary alicyclic amines) is 1. The molecule has 1 heterocycles. The molecule has 0 aliphatic carbocycles. The third kappa shape index (κ3) is 5.46. The van der Waals surface area contributed by atoms with E-state index in [1.165, 1.54) is 0 Å². The average Bonchev–Trinajstić information content (AvgIpc) is 2.87. The summed E-state index contributed by atoms with van der Waals surface area (Å²) >= 11 is 0. The van der Waals surface area contributed by atoms with E-state index in [-0.39, 0.29) is 11.8 Å². The maximum atomic E-state index is 12.3. The molecule has 0 saturated carbocycles. The van der Waals surface area contributed by atoms with Gasteiger partial charge in [0.2, 0.25) is 5.91 Å². The van der Waals surface area contributed by atoms with Crippen molar-refractivity contribution in [3.63, 3.8) is 0 Å². The number of nitrogens with zero attached hydrogens (tertiary/aromatic N) is 2. The molecule has 0 radical (unpaired) electrons. The number of carbonyl (C=O) groups is 2. The van der Waals surface area contributed by atoms with Gasteiger partial charge in [0.15, 0.2) is 0 Å². The normalized spacial score (nSPS) is 19.2. The summed E-state index contributed by atoms with van der Waals surface area (Å²) in [6, 6.07) is 0. The number of aliphatic carboxylic acids is 1. The first-order chi connectivity index (χ1) is 9.58. The van der Waals surface area contributed by atoms with Gasteiger partial charge < -0.3 is 15.7 Å². The molecule has 1 atom stereocenters. The lowest BCUT2D eigenvalue weighted by Crippen LogP contribution is -2.41. The number of nitrogens with two attached hydrogens (primary N) is 1. The van der Waals surface area contributed by atoms with E-state index in [0.29, 0.717) is 39.1 Å². The van der Waals surface area contributed by atoms with Crippen LogP contribution in [0.5, 0.6) is 0 Å². The molecule has 116 valence electrons. The van der Waals surface area contributed by atoms with Gasteiger partial charge in [-0.3, -0.25) is 14.5 Å². The van der Waals surface area contributed by atoms with E-state index in [4.69, 9.17) is 10.8 Å². The van der Waals surface area contributed by atoms with Crippen molar-refractivity contribution in [2.45, 2.75) is 32.6 Å². The van der Waals surface area contributed by atoms with Crippen molar-refractivity contribution in [2.75, 3.05) is 39.3 Å². The van der Waals surface area contributed by atoms with E-state index in [2.05, 4.69) is 6.92 Å². The minimum Gasteiger partial charge on any atom is -0.481 e. The first-order valence-corrected chi connectivity index (χ1v) is 7.51. The van der Waals surface area contributed by atoms with Gasteiger partial charge in [0, 0.05) is 19.6 Å². The Balaban J connectivity index is 2.42. The zero-order chi connectivity index (χ0) is 15.0. The Morgan fingerprint density at radius 3 is 2.60 bits per heavy atom. The van der Waals surface area contributed by atoms with E-state index in [9.17, 15) is 9.59 Å². The van der Waals surface area contributed by atoms with E-state index in [0.717, 1.165) is 25.8 Å². The Kier molecular flexibility index (Phi) is 7.54. The van der Waals surface area contributed by atoms with Crippen molar-refractivity contribution in [2.24, 2.45) is 11.7 Å². The molecule has 1 amide bonds. The molecular weight excluding hydrogens is 258 g/mol. The third-order valence-corrected chi connectivity index (χ3v) is 3.75. The maximum absolute atomic E-state index is 12.3. The molecular formula is C14H27N3O3. The molecule has 0 spiro atoms. The highest BCUT2D eigenvalue weighted by atomic mass is 16.4. The molecule has 1 aliphatic heterocycles. The maximum Gasteiger partial charge on any atom is 0.307 e.